The highest BCUT2D eigenvalue weighted by molar-refractivity contribution is 6.22. The minimum absolute atomic E-state index is 0.844. The van der Waals surface area contributed by atoms with Gasteiger partial charge in [0.2, 0.25) is 0 Å². The van der Waals surface area contributed by atoms with Crippen LogP contribution in [0.2, 0.25) is 0 Å². The van der Waals surface area contributed by atoms with Gasteiger partial charge in [0, 0.05) is 6.42 Å². The second kappa shape index (κ2) is 9.53. The molecular weight excluding hydrogens is 560 g/mol. The van der Waals surface area contributed by atoms with Crippen LogP contribution in [0.25, 0.3) is 82.1 Å². The summed E-state index contributed by atoms with van der Waals surface area (Å²) in [6, 6.07) is 50.5. The smallest absolute Gasteiger partial charge is 0.153 e. The lowest BCUT2D eigenvalue weighted by Gasteiger charge is -2.23. The number of fused-ring (bicyclic) bond motifs is 7. The number of benzene rings is 8. The Morgan fingerprint density at radius 1 is 0.522 bits per heavy atom. The van der Waals surface area contributed by atoms with Crippen molar-refractivity contribution in [3.05, 3.63) is 145 Å². The van der Waals surface area contributed by atoms with Crippen molar-refractivity contribution in [1.82, 2.24) is 9.55 Å². The molecule has 1 aliphatic rings. The Kier molecular flexibility index (Phi) is 5.26. The van der Waals surface area contributed by atoms with Gasteiger partial charge in [-0.1, -0.05) is 116 Å². The van der Waals surface area contributed by atoms with Crippen LogP contribution in [0.1, 0.15) is 12.7 Å². The van der Waals surface area contributed by atoms with Crippen molar-refractivity contribution in [3.63, 3.8) is 0 Å². The highest BCUT2D eigenvalue weighted by Gasteiger charge is 2.25. The molecule has 0 fully saturated rings. The zero-order valence-electron chi connectivity index (χ0n) is 25.3. The number of hydrogen-bond acceptors (Lipinski definition) is 2. The minimum Gasteiger partial charge on any atom is -0.453 e. The molecule has 0 radical (unpaired) electrons. The van der Waals surface area contributed by atoms with E-state index in [9.17, 15) is 0 Å². The monoisotopic (exact) mass is 588 g/mol. The van der Waals surface area contributed by atoms with Crippen LogP contribution in [0, 0.1) is 0 Å². The molecule has 10 rings (SSSR count). The van der Waals surface area contributed by atoms with Gasteiger partial charge in [-0.2, -0.15) is 0 Å². The summed E-state index contributed by atoms with van der Waals surface area (Å²) in [5, 5.41) is 10.0. The van der Waals surface area contributed by atoms with Crippen molar-refractivity contribution in [3.8, 4) is 39.4 Å². The molecule has 9 aromatic rings. The van der Waals surface area contributed by atoms with Crippen LogP contribution in [0.15, 0.2) is 140 Å². The molecule has 0 saturated heterocycles. The fraction of sp³-hybridized carbons (Fsp3) is 0.0465. The molecule has 8 aromatic carbocycles. The lowest BCUT2D eigenvalue weighted by molar-refractivity contribution is 0.474. The van der Waals surface area contributed by atoms with E-state index in [-0.39, 0.29) is 0 Å². The molecule has 1 aliphatic heterocycles. The van der Waals surface area contributed by atoms with Gasteiger partial charge < -0.3 is 4.74 Å². The number of para-hydroxylation sites is 1. The molecule has 46 heavy (non-hydrogen) atoms. The Bertz CT molecular complexity index is 2660. The van der Waals surface area contributed by atoms with Gasteiger partial charge in [-0.25, -0.2) is 4.98 Å². The molecule has 0 unspecified atom stereocenters. The lowest BCUT2D eigenvalue weighted by atomic mass is 9.85. The van der Waals surface area contributed by atoms with Crippen LogP contribution in [-0.4, -0.2) is 9.55 Å². The van der Waals surface area contributed by atoms with Crippen LogP contribution in [0.3, 0.4) is 0 Å². The normalized spacial score (nSPS) is 12.3. The molecule has 0 atom stereocenters. The molecule has 2 heterocycles. The Hall–Kier alpha value is -5.93. The van der Waals surface area contributed by atoms with Gasteiger partial charge in [-0.3, -0.25) is 4.57 Å². The largest absolute Gasteiger partial charge is 0.453 e. The standard InChI is InChI=1S/C43H28N2O/c1-2-40-44-36-16-9-17-38-43(36)45(40)37-23-21-29(25-39(37)46-38)42-34-14-7-5-12-32(34)41(33-13-6-8-15-35(33)42)28-20-22-31-27(24-28)19-18-26-10-3-4-11-30(26)31/h3-25H,2H2,1H3. The SMILES string of the molecule is CCc1nc2cccc3c2n1-c1ccc(-c2c4ccccc4c(-c4ccc5c(ccc6ccccc65)c4)c4ccccc24)cc1O3. The van der Waals surface area contributed by atoms with Crippen molar-refractivity contribution in [1.29, 1.82) is 0 Å². The maximum atomic E-state index is 6.60. The summed E-state index contributed by atoms with van der Waals surface area (Å²) in [4.78, 5) is 4.92. The Balaban J connectivity index is 1.22. The van der Waals surface area contributed by atoms with E-state index in [0.717, 1.165) is 46.0 Å². The molecule has 216 valence electrons. The van der Waals surface area contributed by atoms with E-state index in [1.54, 1.807) is 0 Å². The Morgan fingerprint density at radius 3 is 1.85 bits per heavy atom. The van der Waals surface area contributed by atoms with Crippen molar-refractivity contribution < 1.29 is 4.74 Å². The highest BCUT2D eigenvalue weighted by Crippen LogP contribution is 2.47. The third-order valence-electron chi connectivity index (χ3n) is 9.70. The van der Waals surface area contributed by atoms with Gasteiger partial charge in [-0.15, -0.1) is 0 Å². The van der Waals surface area contributed by atoms with Crippen LogP contribution in [0.4, 0.5) is 0 Å². The van der Waals surface area contributed by atoms with Gasteiger partial charge in [0.25, 0.3) is 0 Å². The van der Waals surface area contributed by atoms with E-state index in [0.29, 0.717) is 0 Å². The molecular formula is C43H28N2O. The first-order valence-corrected chi connectivity index (χ1v) is 15.9. The Labute approximate surface area is 265 Å². The molecule has 0 spiro atoms. The molecule has 1 aromatic heterocycles. The van der Waals surface area contributed by atoms with E-state index in [1.165, 1.54) is 59.8 Å². The molecule has 0 amide bonds. The average molecular weight is 589 g/mol. The highest BCUT2D eigenvalue weighted by atomic mass is 16.5. The third kappa shape index (κ3) is 3.51. The third-order valence-corrected chi connectivity index (χ3v) is 9.70. The molecule has 0 aliphatic carbocycles. The quantitative estimate of drug-likeness (QED) is 0.152. The van der Waals surface area contributed by atoms with Gasteiger partial charge in [0.1, 0.15) is 11.3 Å². The van der Waals surface area contributed by atoms with Gasteiger partial charge in [0.15, 0.2) is 11.5 Å². The van der Waals surface area contributed by atoms with Crippen LogP contribution >= 0.6 is 0 Å². The topological polar surface area (TPSA) is 27.1 Å². The Morgan fingerprint density at radius 2 is 1.13 bits per heavy atom. The number of rotatable bonds is 3. The molecule has 3 heteroatoms. The first-order valence-electron chi connectivity index (χ1n) is 15.9. The minimum atomic E-state index is 0.844. The van der Waals surface area contributed by atoms with Crippen LogP contribution in [0.5, 0.6) is 11.5 Å². The number of nitrogens with zero attached hydrogens (tertiary/aromatic N) is 2. The summed E-state index contributed by atoms with van der Waals surface area (Å²) in [6.45, 7) is 2.16. The first kappa shape index (κ1) is 25.4. The van der Waals surface area contributed by atoms with Crippen molar-refractivity contribution >= 4 is 54.1 Å². The first-order chi connectivity index (χ1) is 22.8. The van der Waals surface area contributed by atoms with Gasteiger partial charge in [-0.05, 0) is 95.7 Å². The average Bonchev–Trinajstić information content (AvgIpc) is 3.50. The number of imidazole rings is 1. The fourth-order valence-corrected chi connectivity index (χ4v) is 7.70. The summed E-state index contributed by atoms with van der Waals surface area (Å²) < 4.78 is 8.87. The summed E-state index contributed by atoms with van der Waals surface area (Å²) in [5.41, 5.74) is 7.90. The van der Waals surface area contributed by atoms with E-state index in [2.05, 4.69) is 139 Å². The molecule has 0 saturated carbocycles. The van der Waals surface area contributed by atoms with Crippen molar-refractivity contribution in [2.24, 2.45) is 0 Å². The predicted molar refractivity (Wildman–Crippen MR) is 191 cm³/mol. The molecule has 0 bridgehead atoms. The van der Waals surface area contributed by atoms with Crippen LogP contribution < -0.4 is 4.74 Å². The second-order valence-corrected chi connectivity index (χ2v) is 12.2. The van der Waals surface area contributed by atoms with E-state index >= 15 is 0 Å². The second-order valence-electron chi connectivity index (χ2n) is 12.2. The molecule has 0 N–H and O–H groups in total. The maximum absolute atomic E-state index is 6.60. The van der Waals surface area contributed by atoms with Crippen molar-refractivity contribution in [2.45, 2.75) is 13.3 Å². The zero-order chi connectivity index (χ0) is 30.4. The van der Waals surface area contributed by atoms with E-state index in [1.807, 2.05) is 12.1 Å². The van der Waals surface area contributed by atoms with E-state index in [4.69, 9.17) is 9.72 Å². The fourth-order valence-electron chi connectivity index (χ4n) is 7.70. The van der Waals surface area contributed by atoms with E-state index < -0.39 is 0 Å². The van der Waals surface area contributed by atoms with Gasteiger partial charge >= 0.3 is 0 Å². The van der Waals surface area contributed by atoms with Gasteiger partial charge in [0.05, 0.1) is 11.2 Å². The zero-order valence-corrected chi connectivity index (χ0v) is 25.3. The number of ether oxygens (including phenoxy) is 1. The summed E-state index contributed by atoms with van der Waals surface area (Å²) >= 11 is 0. The summed E-state index contributed by atoms with van der Waals surface area (Å²) in [7, 11) is 0. The molecule has 3 nitrogen and oxygen atoms in total. The van der Waals surface area contributed by atoms with Crippen molar-refractivity contribution in [2.75, 3.05) is 0 Å². The van der Waals surface area contributed by atoms with Crippen LogP contribution in [-0.2, 0) is 6.42 Å². The predicted octanol–water partition coefficient (Wildman–Crippen LogP) is 11.6. The lowest BCUT2D eigenvalue weighted by Crippen LogP contribution is -2.07. The summed E-state index contributed by atoms with van der Waals surface area (Å²) in [6.07, 6.45) is 0.844. The summed E-state index contributed by atoms with van der Waals surface area (Å²) in [5.74, 6) is 2.75. The number of aryl methyl sites for hydroxylation is 1. The maximum Gasteiger partial charge on any atom is 0.153 e. The number of hydrogen-bond donors (Lipinski definition) is 0. The number of aromatic nitrogens is 2.